The fourth-order valence-electron chi connectivity index (χ4n) is 1.49. The second kappa shape index (κ2) is 4.66. The molecule has 0 bridgehead atoms. The number of carboxylic acid groups (broad SMARTS) is 1. The van der Waals surface area contributed by atoms with Gasteiger partial charge in [0.25, 0.3) is 0 Å². The lowest BCUT2D eigenvalue weighted by Crippen LogP contribution is -2.13. The normalized spacial score (nSPS) is 16.0. The highest BCUT2D eigenvalue weighted by molar-refractivity contribution is 7.99. The van der Waals surface area contributed by atoms with Crippen molar-refractivity contribution in [1.29, 1.82) is 0 Å². The molecule has 0 saturated heterocycles. The number of aromatic carboxylic acids is 1. The lowest BCUT2D eigenvalue weighted by molar-refractivity contribution is 0.0690. The molecule has 0 amide bonds. The van der Waals surface area contributed by atoms with Crippen LogP contribution in [-0.4, -0.2) is 21.8 Å². The minimum atomic E-state index is -0.957. The highest BCUT2D eigenvalue weighted by Crippen LogP contribution is 2.32. The van der Waals surface area contributed by atoms with Gasteiger partial charge >= 0.3 is 5.97 Å². The number of carbonyl (C=O) groups is 1. The Balaban J connectivity index is 1.94. The molecule has 3 nitrogen and oxygen atoms in total. The Labute approximate surface area is 92.9 Å². The Morgan fingerprint density at radius 2 is 2.40 bits per heavy atom. The number of pyridine rings is 1. The first-order valence-electron chi connectivity index (χ1n) is 5.08. The predicted octanol–water partition coefficient (Wildman–Crippen LogP) is 2.67. The molecule has 1 N–H and O–H groups in total. The first-order valence-corrected chi connectivity index (χ1v) is 6.06. The van der Waals surface area contributed by atoms with Crippen LogP contribution in [0.15, 0.2) is 23.2 Å². The van der Waals surface area contributed by atoms with Crippen molar-refractivity contribution in [2.24, 2.45) is 5.92 Å². The number of aromatic nitrogens is 1. The average Bonchev–Trinajstić information content (AvgIpc) is 2.16. The molecule has 1 fully saturated rings. The van der Waals surface area contributed by atoms with Crippen LogP contribution in [0.5, 0.6) is 0 Å². The van der Waals surface area contributed by atoms with E-state index in [9.17, 15) is 4.79 Å². The summed E-state index contributed by atoms with van der Waals surface area (Å²) in [5.74, 6) is 0.973. The molecule has 0 aromatic carbocycles. The van der Waals surface area contributed by atoms with E-state index in [1.165, 1.54) is 19.3 Å². The van der Waals surface area contributed by atoms with E-state index in [0.717, 1.165) is 16.6 Å². The van der Waals surface area contributed by atoms with Gasteiger partial charge in [0.2, 0.25) is 0 Å². The molecule has 0 aliphatic heterocycles. The Hall–Kier alpha value is -1.03. The highest BCUT2D eigenvalue weighted by Gasteiger charge is 2.17. The molecule has 2 rings (SSSR count). The second-order valence-corrected chi connectivity index (χ2v) is 4.88. The van der Waals surface area contributed by atoms with Crippen molar-refractivity contribution in [3.05, 3.63) is 24.0 Å². The summed E-state index contributed by atoms with van der Waals surface area (Å²) in [6.45, 7) is 0. The van der Waals surface area contributed by atoms with Crippen LogP contribution in [0.4, 0.5) is 0 Å². The molecule has 0 radical (unpaired) electrons. The van der Waals surface area contributed by atoms with Gasteiger partial charge in [-0.3, -0.25) is 0 Å². The van der Waals surface area contributed by atoms with Crippen molar-refractivity contribution < 1.29 is 9.90 Å². The maximum atomic E-state index is 10.7. The number of hydrogen-bond acceptors (Lipinski definition) is 3. The van der Waals surface area contributed by atoms with Crippen molar-refractivity contribution >= 4 is 17.7 Å². The van der Waals surface area contributed by atoms with Crippen molar-refractivity contribution in [2.45, 2.75) is 24.2 Å². The molecular formula is C11H13NO2S. The summed E-state index contributed by atoms with van der Waals surface area (Å²) in [6, 6.07) is 3.52. The predicted molar refractivity (Wildman–Crippen MR) is 59.3 cm³/mol. The van der Waals surface area contributed by atoms with Crippen molar-refractivity contribution in [3.63, 3.8) is 0 Å². The minimum Gasteiger partial charge on any atom is -0.477 e. The van der Waals surface area contributed by atoms with E-state index in [2.05, 4.69) is 4.98 Å². The topological polar surface area (TPSA) is 50.2 Å². The summed E-state index contributed by atoms with van der Waals surface area (Å²) in [5.41, 5.74) is 0.133. The van der Waals surface area contributed by atoms with E-state index in [4.69, 9.17) is 5.11 Å². The van der Waals surface area contributed by atoms with Gasteiger partial charge in [-0.1, -0.05) is 6.42 Å². The summed E-state index contributed by atoms with van der Waals surface area (Å²) >= 11 is 1.73. The molecule has 1 aliphatic rings. The molecular weight excluding hydrogens is 210 g/mol. The Morgan fingerprint density at radius 1 is 1.60 bits per heavy atom. The Kier molecular flexibility index (Phi) is 3.26. The van der Waals surface area contributed by atoms with E-state index in [1.807, 2.05) is 6.07 Å². The maximum Gasteiger partial charge on any atom is 0.354 e. The van der Waals surface area contributed by atoms with E-state index in [-0.39, 0.29) is 5.69 Å². The van der Waals surface area contributed by atoms with Gasteiger partial charge in [0, 0.05) is 16.8 Å². The van der Waals surface area contributed by atoms with Gasteiger partial charge < -0.3 is 5.11 Å². The number of rotatable bonds is 4. The molecule has 1 aromatic heterocycles. The van der Waals surface area contributed by atoms with Crippen molar-refractivity contribution in [2.75, 3.05) is 5.75 Å². The maximum absolute atomic E-state index is 10.7. The monoisotopic (exact) mass is 223 g/mol. The van der Waals surface area contributed by atoms with Gasteiger partial charge in [0.05, 0.1) is 0 Å². The van der Waals surface area contributed by atoms with Crippen LogP contribution in [0.3, 0.4) is 0 Å². The van der Waals surface area contributed by atoms with Gasteiger partial charge in [-0.05, 0) is 30.9 Å². The van der Waals surface area contributed by atoms with Gasteiger partial charge in [-0.15, -0.1) is 11.8 Å². The Bertz CT molecular complexity index is 363. The molecule has 15 heavy (non-hydrogen) atoms. The lowest BCUT2D eigenvalue weighted by Gasteiger charge is -2.24. The quantitative estimate of drug-likeness (QED) is 0.797. The zero-order valence-corrected chi connectivity index (χ0v) is 9.17. The standard InChI is InChI=1S/C11H13NO2S/c13-11(14)10-6-9(4-5-12-10)15-7-8-2-1-3-8/h4-6,8H,1-3,7H2,(H,13,14). The molecule has 1 aliphatic carbocycles. The first kappa shape index (κ1) is 10.5. The molecule has 1 heterocycles. The third-order valence-electron chi connectivity index (χ3n) is 2.66. The van der Waals surface area contributed by atoms with E-state index < -0.39 is 5.97 Å². The highest BCUT2D eigenvalue weighted by atomic mass is 32.2. The molecule has 1 aromatic rings. The van der Waals surface area contributed by atoms with Gasteiger partial charge in [0.1, 0.15) is 5.69 Å². The van der Waals surface area contributed by atoms with E-state index in [0.29, 0.717) is 0 Å². The van der Waals surface area contributed by atoms with Crippen LogP contribution < -0.4 is 0 Å². The number of thioether (sulfide) groups is 1. The molecule has 80 valence electrons. The van der Waals surface area contributed by atoms with E-state index >= 15 is 0 Å². The van der Waals surface area contributed by atoms with Crippen LogP contribution in [0.1, 0.15) is 29.8 Å². The average molecular weight is 223 g/mol. The number of hydrogen-bond donors (Lipinski definition) is 1. The fraction of sp³-hybridized carbons (Fsp3) is 0.455. The first-order chi connectivity index (χ1) is 7.25. The summed E-state index contributed by atoms with van der Waals surface area (Å²) in [5, 5.41) is 8.77. The van der Waals surface area contributed by atoms with E-state index in [1.54, 1.807) is 24.0 Å². The van der Waals surface area contributed by atoms with Crippen LogP contribution in [-0.2, 0) is 0 Å². The smallest absolute Gasteiger partial charge is 0.354 e. The van der Waals surface area contributed by atoms with Gasteiger partial charge in [-0.25, -0.2) is 9.78 Å². The summed E-state index contributed by atoms with van der Waals surface area (Å²) in [7, 11) is 0. The lowest BCUT2D eigenvalue weighted by atomic mass is 9.87. The molecule has 0 atom stereocenters. The van der Waals surface area contributed by atoms with Crippen LogP contribution in [0, 0.1) is 5.92 Å². The van der Waals surface area contributed by atoms with Crippen LogP contribution in [0.2, 0.25) is 0 Å². The van der Waals surface area contributed by atoms with Crippen molar-refractivity contribution in [1.82, 2.24) is 4.98 Å². The Morgan fingerprint density at radius 3 is 3.00 bits per heavy atom. The van der Waals surface area contributed by atoms with Crippen LogP contribution in [0.25, 0.3) is 0 Å². The van der Waals surface area contributed by atoms with Gasteiger partial charge in [-0.2, -0.15) is 0 Å². The summed E-state index contributed by atoms with van der Waals surface area (Å²) in [4.78, 5) is 15.5. The molecule has 0 spiro atoms. The molecule has 4 heteroatoms. The zero-order valence-electron chi connectivity index (χ0n) is 8.35. The van der Waals surface area contributed by atoms with Gasteiger partial charge in [0.15, 0.2) is 0 Å². The third kappa shape index (κ3) is 2.72. The largest absolute Gasteiger partial charge is 0.477 e. The van der Waals surface area contributed by atoms with Crippen LogP contribution >= 0.6 is 11.8 Å². The number of nitrogens with zero attached hydrogens (tertiary/aromatic N) is 1. The summed E-state index contributed by atoms with van der Waals surface area (Å²) < 4.78 is 0. The molecule has 0 unspecified atom stereocenters. The summed E-state index contributed by atoms with van der Waals surface area (Å²) in [6.07, 6.45) is 5.56. The zero-order chi connectivity index (χ0) is 10.7. The van der Waals surface area contributed by atoms with Crippen molar-refractivity contribution in [3.8, 4) is 0 Å². The third-order valence-corrected chi connectivity index (χ3v) is 3.89. The number of carboxylic acids is 1. The SMILES string of the molecule is O=C(O)c1cc(SCC2CCC2)ccn1. The fourth-order valence-corrected chi connectivity index (χ4v) is 2.60. The minimum absolute atomic E-state index is 0.133. The second-order valence-electron chi connectivity index (χ2n) is 3.79. The molecule has 1 saturated carbocycles.